The van der Waals surface area contributed by atoms with Gasteiger partial charge in [0.25, 0.3) is 0 Å². The highest BCUT2D eigenvalue weighted by Gasteiger charge is 2.45. The van der Waals surface area contributed by atoms with E-state index >= 15 is 0 Å². The van der Waals surface area contributed by atoms with Crippen LogP contribution in [0.15, 0.2) is 53.4 Å². The number of hydrogen-bond acceptors (Lipinski definition) is 5. The number of anilines is 2. The quantitative estimate of drug-likeness (QED) is 0.721. The fourth-order valence-electron chi connectivity index (χ4n) is 4.59. The summed E-state index contributed by atoms with van der Waals surface area (Å²) in [7, 11) is -3.60. The van der Waals surface area contributed by atoms with Crippen molar-refractivity contribution in [1.29, 1.82) is 0 Å². The zero-order valence-corrected chi connectivity index (χ0v) is 20.9. The number of carbonyl (C=O) groups is 2. The van der Waals surface area contributed by atoms with Gasteiger partial charge in [-0.2, -0.15) is 4.31 Å². The molecule has 0 aromatic heterocycles. The van der Waals surface area contributed by atoms with Crippen LogP contribution in [0.4, 0.5) is 11.4 Å². The smallest absolute Gasteiger partial charge is 0.250 e. The highest BCUT2D eigenvalue weighted by molar-refractivity contribution is 7.89. The van der Waals surface area contributed by atoms with Crippen molar-refractivity contribution in [1.82, 2.24) is 9.21 Å². The summed E-state index contributed by atoms with van der Waals surface area (Å²) in [6.07, 6.45) is 0.614. The number of carbonyl (C=O) groups excluding carboxylic acids is 2. The Hall–Kier alpha value is -2.75. The summed E-state index contributed by atoms with van der Waals surface area (Å²) in [6.45, 7) is 8.95. The van der Waals surface area contributed by atoms with Crippen LogP contribution in [-0.2, 0) is 19.6 Å². The van der Waals surface area contributed by atoms with E-state index < -0.39 is 21.6 Å². The molecule has 8 nitrogen and oxygen atoms in total. The molecule has 2 heterocycles. The van der Waals surface area contributed by atoms with Crippen LogP contribution < -0.4 is 10.2 Å². The summed E-state index contributed by atoms with van der Waals surface area (Å²) in [5, 5.41) is 2.89. The van der Waals surface area contributed by atoms with Crippen molar-refractivity contribution in [2.75, 3.05) is 36.4 Å². The maximum atomic E-state index is 13.7. The summed E-state index contributed by atoms with van der Waals surface area (Å²) in [5.41, 5.74) is 1.23. The predicted octanol–water partition coefficient (Wildman–Crippen LogP) is 2.84. The molecule has 0 bridgehead atoms. The van der Waals surface area contributed by atoms with Crippen LogP contribution in [0.3, 0.4) is 0 Å². The first-order valence-electron chi connectivity index (χ1n) is 11.6. The van der Waals surface area contributed by atoms with Crippen molar-refractivity contribution >= 4 is 33.2 Å². The predicted molar refractivity (Wildman–Crippen MR) is 132 cm³/mol. The summed E-state index contributed by atoms with van der Waals surface area (Å²) in [5.74, 6) is -0.417. The summed E-state index contributed by atoms with van der Waals surface area (Å²) < 4.78 is 27.8. The number of nitrogens with one attached hydrogen (secondary N) is 1. The SMILES string of the molecule is Cc1ccc(S(=O)(=O)N2CCCN([C@H](C)C(=O)N3c4ccccc4NC(=O)C3(C)C)CC2)cc1. The van der Waals surface area contributed by atoms with Crippen molar-refractivity contribution in [3.05, 3.63) is 54.1 Å². The average Bonchev–Trinajstić information content (AvgIpc) is 3.06. The summed E-state index contributed by atoms with van der Waals surface area (Å²) in [6, 6.07) is 13.6. The lowest BCUT2D eigenvalue weighted by atomic mass is 9.95. The van der Waals surface area contributed by atoms with Crippen LogP contribution in [0.2, 0.25) is 0 Å². The van der Waals surface area contributed by atoms with Gasteiger partial charge < -0.3 is 5.32 Å². The van der Waals surface area contributed by atoms with Gasteiger partial charge in [-0.15, -0.1) is 0 Å². The van der Waals surface area contributed by atoms with Gasteiger partial charge in [-0.05, 0) is 58.4 Å². The molecule has 2 aromatic rings. The summed E-state index contributed by atoms with van der Waals surface area (Å²) >= 11 is 0. The molecule has 2 aromatic carbocycles. The van der Waals surface area contributed by atoms with E-state index in [-0.39, 0.29) is 16.7 Å². The molecule has 2 aliphatic heterocycles. The zero-order chi connectivity index (χ0) is 24.7. The van der Waals surface area contributed by atoms with Gasteiger partial charge in [0.1, 0.15) is 5.54 Å². The van der Waals surface area contributed by atoms with E-state index in [1.807, 2.05) is 36.9 Å². The topological polar surface area (TPSA) is 90.0 Å². The van der Waals surface area contributed by atoms with Crippen LogP contribution in [0.5, 0.6) is 0 Å². The van der Waals surface area contributed by atoms with Gasteiger partial charge >= 0.3 is 0 Å². The van der Waals surface area contributed by atoms with E-state index in [1.54, 1.807) is 49.1 Å². The molecule has 0 spiro atoms. The van der Waals surface area contributed by atoms with Crippen molar-refractivity contribution in [2.24, 2.45) is 0 Å². The van der Waals surface area contributed by atoms with Gasteiger partial charge in [-0.3, -0.25) is 19.4 Å². The molecule has 0 saturated carbocycles. The van der Waals surface area contributed by atoms with E-state index in [9.17, 15) is 18.0 Å². The van der Waals surface area contributed by atoms with E-state index in [1.165, 1.54) is 4.31 Å². The van der Waals surface area contributed by atoms with Gasteiger partial charge in [-0.1, -0.05) is 29.8 Å². The Bertz CT molecular complexity index is 1190. The lowest BCUT2D eigenvalue weighted by Crippen LogP contribution is -2.62. The minimum atomic E-state index is -3.60. The average molecular weight is 485 g/mol. The van der Waals surface area contributed by atoms with Crippen LogP contribution in [0, 0.1) is 6.92 Å². The number of para-hydroxylation sites is 2. The molecule has 34 heavy (non-hydrogen) atoms. The van der Waals surface area contributed by atoms with E-state index in [4.69, 9.17) is 0 Å². The molecule has 182 valence electrons. The molecule has 0 radical (unpaired) electrons. The Labute approximate surface area is 201 Å². The second-order valence-electron chi connectivity index (χ2n) is 9.49. The monoisotopic (exact) mass is 484 g/mol. The standard InChI is InChI=1S/C25H32N4O4S/c1-18-10-12-20(13-11-18)34(32,33)28-15-7-14-27(16-17-28)19(2)23(30)29-22-9-6-5-8-21(22)26-24(31)25(29,3)4/h5-6,8-13,19H,7,14-17H2,1-4H3,(H,26,31)/t19-/m1/s1. The Morgan fingerprint density at radius 2 is 1.68 bits per heavy atom. The van der Waals surface area contributed by atoms with Crippen LogP contribution in [0.25, 0.3) is 0 Å². The third-order valence-electron chi connectivity index (χ3n) is 6.78. The molecule has 0 unspecified atom stereocenters. The number of nitrogens with zero attached hydrogens (tertiary/aromatic N) is 3. The molecule has 1 fully saturated rings. The number of aryl methyl sites for hydroxylation is 1. The third-order valence-corrected chi connectivity index (χ3v) is 8.69. The molecule has 0 aliphatic carbocycles. The Morgan fingerprint density at radius 3 is 2.38 bits per heavy atom. The first kappa shape index (κ1) is 24.4. The fourth-order valence-corrected chi connectivity index (χ4v) is 6.06. The minimum absolute atomic E-state index is 0.179. The molecule has 2 aliphatic rings. The molecular formula is C25H32N4O4S. The molecule has 9 heteroatoms. The lowest BCUT2D eigenvalue weighted by molar-refractivity contribution is -0.129. The second-order valence-corrected chi connectivity index (χ2v) is 11.4. The van der Waals surface area contributed by atoms with Gasteiger partial charge in [0.05, 0.1) is 22.3 Å². The van der Waals surface area contributed by atoms with Crippen molar-refractivity contribution in [3.8, 4) is 0 Å². The fraction of sp³-hybridized carbons (Fsp3) is 0.440. The van der Waals surface area contributed by atoms with Gasteiger partial charge in [0.15, 0.2) is 0 Å². The molecule has 1 atom stereocenters. The van der Waals surface area contributed by atoms with Crippen LogP contribution >= 0.6 is 0 Å². The highest BCUT2D eigenvalue weighted by atomic mass is 32.2. The van der Waals surface area contributed by atoms with E-state index in [2.05, 4.69) is 5.32 Å². The van der Waals surface area contributed by atoms with E-state index in [0.29, 0.717) is 44.0 Å². The normalized spacial score (nSPS) is 20.2. The van der Waals surface area contributed by atoms with Crippen molar-refractivity contribution in [3.63, 3.8) is 0 Å². The van der Waals surface area contributed by atoms with E-state index in [0.717, 1.165) is 5.56 Å². The van der Waals surface area contributed by atoms with Gasteiger partial charge in [0, 0.05) is 26.2 Å². The molecular weight excluding hydrogens is 452 g/mol. The van der Waals surface area contributed by atoms with Crippen molar-refractivity contribution in [2.45, 2.75) is 50.6 Å². The first-order chi connectivity index (χ1) is 16.0. The Morgan fingerprint density at radius 1 is 1.00 bits per heavy atom. The Balaban J connectivity index is 1.53. The summed E-state index contributed by atoms with van der Waals surface area (Å²) in [4.78, 5) is 30.4. The number of rotatable bonds is 4. The molecule has 2 amide bonds. The largest absolute Gasteiger partial charge is 0.322 e. The third kappa shape index (κ3) is 4.35. The zero-order valence-electron chi connectivity index (χ0n) is 20.1. The van der Waals surface area contributed by atoms with Crippen LogP contribution in [0.1, 0.15) is 32.8 Å². The number of hydrogen-bond donors (Lipinski definition) is 1. The minimum Gasteiger partial charge on any atom is -0.322 e. The molecule has 1 N–H and O–H groups in total. The van der Waals surface area contributed by atoms with Gasteiger partial charge in [-0.25, -0.2) is 8.42 Å². The van der Waals surface area contributed by atoms with Gasteiger partial charge in [0.2, 0.25) is 21.8 Å². The van der Waals surface area contributed by atoms with Crippen molar-refractivity contribution < 1.29 is 18.0 Å². The number of benzene rings is 2. The van der Waals surface area contributed by atoms with Crippen LogP contribution in [-0.4, -0.2) is 67.2 Å². The highest BCUT2D eigenvalue weighted by Crippen LogP contribution is 2.37. The lowest BCUT2D eigenvalue weighted by Gasteiger charge is -2.44. The maximum Gasteiger partial charge on any atom is 0.250 e. The number of fused-ring (bicyclic) bond motifs is 1. The molecule has 1 saturated heterocycles. The second kappa shape index (κ2) is 9.13. The molecule has 4 rings (SSSR count). The number of amides is 2. The number of sulfonamides is 1. The Kier molecular flexibility index (Phi) is 6.54. The maximum absolute atomic E-state index is 13.7. The first-order valence-corrected chi connectivity index (χ1v) is 13.0.